The highest BCUT2D eigenvalue weighted by Gasteiger charge is 2.18. The fraction of sp³-hybridized carbons (Fsp3) is 0.400. The number of carbonyl (C=O) groups is 2. The third-order valence-electron chi connectivity index (χ3n) is 1.54. The van der Waals surface area contributed by atoms with Gasteiger partial charge < -0.3 is 15.2 Å². The first-order valence-corrected chi connectivity index (χ1v) is 4.44. The first-order chi connectivity index (χ1) is 7.15. The van der Waals surface area contributed by atoms with Gasteiger partial charge in [0.05, 0.1) is 13.7 Å². The van der Waals surface area contributed by atoms with Crippen LogP contribution in [-0.4, -0.2) is 36.7 Å². The summed E-state index contributed by atoms with van der Waals surface area (Å²) in [7, 11) is 1.19. The van der Waals surface area contributed by atoms with Crippen LogP contribution in [0.3, 0.4) is 0 Å². The van der Waals surface area contributed by atoms with Crippen molar-refractivity contribution in [3.63, 3.8) is 0 Å². The molecule has 84 valence electrons. The Morgan fingerprint density at radius 2 is 2.13 bits per heavy atom. The van der Waals surface area contributed by atoms with Gasteiger partial charge in [-0.15, -0.1) is 0 Å². The number of aliphatic hydroxyl groups excluding tert-OH is 1. The third kappa shape index (κ3) is 5.64. The third-order valence-corrected chi connectivity index (χ3v) is 1.54. The van der Waals surface area contributed by atoms with Crippen molar-refractivity contribution in [3.05, 3.63) is 24.3 Å². The molecule has 0 heterocycles. The second kappa shape index (κ2) is 7.75. The fourth-order valence-corrected chi connectivity index (χ4v) is 0.795. The van der Waals surface area contributed by atoms with Crippen LogP contribution < -0.4 is 5.32 Å². The second-order valence-corrected chi connectivity index (χ2v) is 2.65. The van der Waals surface area contributed by atoms with Gasteiger partial charge in [-0.05, 0) is 6.92 Å². The summed E-state index contributed by atoms with van der Waals surface area (Å²) >= 11 is 0. The van der Waals surface area contributed by atoms with Crippen molar-refractivity contribution in [2.75, 3.05) is 13.7 Å². The molecule has 0 aliphatic carbocycles. The van der Waals surface area contributed by atoms with Crippen molar-refractivity contribution in [2.45, 2.75) is 13.0 Å². The molecule has 0 bridgehead atoms. The molecule has 15 heavy (non-hydrogen) atoms. The van der Waals surface area contributed by atoms with E-state index in [4.69, 9.17) is 5.11 Å². The maximum absolute atomic E-state index is 11.2. The highest BCUT2D eigenvalue weighted by atomic mass is 16.5. The van der Waals surface area contributed by atoms with E-state index in [1.165, 1.54) is 19.3 Å². The summed E-state index contributed by atoms with van der Waals surface area (Å²) in [5.74, 6) is -1.14. The van der Waals surface area contributed by atoms with Crippen LogP contribution >= 0.6 is 0 Å². The minimum absolute atomic E-state index is 0.461. The highest BCUT2D eigenvalue weighted by Crippen LogP contribution is 1.87. The molecule has 0 rings (SSSR count). The normalized spacial score (nSPS) is 13.0. The zero-order valence-corrected chi connectivity index (χ0v) is 8.77. The molecule has 0 spiro atoms. The van der Waals surface area contributed by atoms with Crippen molar-refractivity contribution in [3.8, 4) is 0 Å². The lowest BCUT2D eigenvalue weighted by Crippen LogP contribution is -2.43. The molecule has 2 N–H and O–H groups in total. The number of nitrogens with one attached hydrogen (secondary N) is 1. The number of hydrogen-bond donors (Lipinski definition) is 2. The first-order valence-electron chi connectivity index (χ1n) is 4.44. The number of rotatable bonds is 5. The Bertz CT molecular complexity index is 271. The maximum Gasteiger partial charge on any atom is 0.330 e. The number of allylic oxidation sites excluding steroid dienone is 3. The van der Waals surface area contributed by atoms with Crippen LogP contribution in [-0.2, 0) is 14.3 Å². The van der Waals surface area contributed by atoms with Gasteiger partial charge in [0.25, 0.3) is 0 Å². The average Bonchev–Trinajstić information content (AvgIpc) is 2.25. The molecule has 0 saturated carbocycles. The summed E-state index contributed by atoms with van der Waals surface area (Å²) in [5, 5.41) is 11.1. The summed E-state index contributed by atoms with van der Waals surface area (Å²) < 4.78 is 4.38. The van der Waals surface area contributed by atoms with Crippen LogP contribution in [0, 0.1) is 0 Å². The van der Waals surface area contributed by atoms with Crippen molar-refractivity contribution < 1.29 is 19.4 Å². The van der Waals surface area contributed by atoms with Gasteiger partial charge in [0.2, 0.25) is 5.91 Å². The van der Waals surface area contributed by atoms with E-state index in [-0.39, 0.29) is 0 Å². The second-order valence-electron chi connectivity index (χ2n) is 2.65. The molecule has 5 nitrogen and oxygen atoms in total. The maximum atomic E-state index is 11.2. The summed E-state index contributed by atoms with van der Waals surface area (Å²) in [6, 6.07) is -1.02. The number of ether oxygens (including phenoxy) is 1. The van der Waals surface area contributed by atoms with Gasteiger partial charge >= 0.3 is 5.97 Å². The molecular weight excluding hydrogens is 198 g/mol. The summed E-state index contributed by atoms with van der Waals surface area (Å²) in [4.78, 5) is 22.1. The number of aliphatic hydroxyl groups is 1. The molecule has 0 aromatic carbocycles. The number of hydrogen-bond acceptors (Lipinski definition) is 4. The fourth-order valence-electron chi connectivity index (χ4n) is 0.795. The molecule has 0 aliphatic heterocycles. The Hall–Kier alpha value is -1.62. The molecule has 0 aromatic heterocycles. The van der Waals surface area contributed by atoms with E-state index in [2.05, 4.69) is 10.1 Å². The van der Waals surface area contributed by atoms with Gasteiger partial charge in [-0.1, -0.05) is 18.2 Å². The molecular formula is C10H15NO4. The Labute approximate surface area is 88.4 Å². The first kappa shape index (κ1) is 13.4. The number of amides is 1. The van der Waals surface area contributed by atoms with Crippen LogP contribution in [0.2, 0.25) is 0 Å². The lowest BCUT2D eigenvalue weighted by Gasteiger charge is -2.11. The van der Waals surface area contributed by atoms with Crippen LogP contribution in [0.15, 0.2) is 24.3 Å². The van der Waals surface area contributed by atoms with E-state index in [0.29, 0.717) is 0 Å². The predicted octanol–water partition coefficient (Wildman–Crippen LogP) is -0.231. The zero-order valence-electron chi connectivity index (χ0n) is 8.77. The zero-order chi connectivity index (χ0) is 11.7. The molecule has 5 heteroatoms. The van der Waals surface area contributed by atoms with Gasteiger partial charge in [0.15, 0.2) is 6.04 Å². The van der Waals surface area contributed by atoms with Crippen molar-refractivity contribution in [1.82, 2.24) is 5.32 Å². The molecule has 0 radical (unpaired) electrons. The Morgan fingerprint density at radius 1 is 1.47 bits per heavy atom. The van der Waals surface area contributed by atoms with Gasteiger partial charge in [0.1, 0.15) is 0 Å². The SMILES string of the molecule is C/C=C/C=C/C(=O)NC(CO)C(=O)OC. The van der Waals surface area contributed by atoms with Crippen LogP contribution in [0.1, 0.15) is 6.92 Å². The lowest BCUT2D eigenvalue weighted by molar-refractivity contribution is -0.145. The predicted molar refractivity (Wildman–Crippen MR) is 55.0 cm³/mol. The van der Waals surface area contributed by atoms with Gasteiger partial charge in [-0.2, -0.15) is 0 Å². The standard InChI is InChI=1S/C10H15NO4/c1-3-4-5-6-9(13)11-8(7-12)10(14)15-2/h3-6,8,12H,7H2,1-2H3,(H,11,13)/b4-3+,6-5+. The Morgan fingerprint density at radius 3 is 2.60 bits per heavy atom. The van der Waals surface area contributed by atoms with E-state index in [1.807, 2.05) is 6.92 Å². The van der Waals surface area contributed by atoms with E-state index in [9.17, 15) is 9.59 Å². The molecule has 1 atom stereocenters. The number of carbonyl (C=O) groups excluding carboxylic acids is 2. The van der Waals surface area contributed by atoms with Gasteiger partial charge in [-0.3, -0.25) is 4.79 Å². The highest BCUT2D eigenvalue weighted by molar-refractivity contribution is 5.91. The quantitative estimate of drug-likeness (QED) is 0.376. The molecule has 0 aliphatic rings. The van der Waals surface area contributed by atoms with E-state index < -0.39 is 24.5 Å². The number of esters is 1. The van der Waals surface area contributed by atoms with Crippen LogP contribution in [0.25, 0.3) is 0 Å². The van der Waals surface area contributed by atoms with Crippen LogP contribution in [0.5, 0.6) is 0 Å². The van der Waals surface area contributed by atoms with Gasteiger partial charge in [-0.25, -0.2) is 4.79 Å². The van der Waals surface area contributed by atoms with Crippen molar-refractivity contribution in [2.24, 2.45) is 0 Å². The van der Waals surface area contributed by atoms with E-state index >= 15 is 0 Å². The average molecular weight is 213 g/mol. The van der Waals surface area contributed by atoms with Gasteiger partial charge in [0, 0.05) is 6.08 Å². The minimum Gasteiger partial charge on any atom is -0.467 e. The molecule has 1 unspecified atom stereocenters. The monoisotopic (exact) mass is 213 g/mol. The minimum atomic E-state index is -1.02. The Balaban J connectivity index is 4.18. The van der Waals surface area contributed by atoms with Crippen molar-refractivity contribution in [1.29, 1.82) is 0 Å². The smallest absolute Gasteiger partial charge is 0.330 e. The van der Waals surface area contributed by atoms with E-state index in [1.54, 1.807) is 12.2 Å². The lowest BCUT2D eigenvalue weighted by atomic mass is 10.3. The topological polar surface area (TPSA) is 75.6 Å². The van der Waals surface area contributed by atoms with Crippen LogP contribution in [0.4, 0.5) is 0 Å². The summed E-state index contributed by atoms with van der Waals surface area (Å²) in [6.07, 6.45) is 6.21. The van der Waals surface area contributed by atoms with E-state index in [0.717, 1.165) is 0 Å². The largest absolute Gasteiger partial charge is 0.467 e. The summed E-state index contributed by atoms with van der Waals surface area (Å²) in [5.41, 5.74) is 0. The molecule has 0 aromatic rings. The molecule has 0 saturated heterocycles. The van der Waals surface area contributed by atoms with Crippen molar-refractivity contribution >= 4 is 11.9 Å². The summed E-state index contributed by atoms with van der Waals surface area (Å²) in [6.45, 7) is 1.32. The molecule has 0 fully saturated rings. The molecule has 1 amide bonds. The Kier molecular flexibility index (Phi) is 6.92. The number of methoxy groups -OCH3 is 1.